The molecular formula is C10H6F2N2OS. The van der Waals surface area contributed by atoms with Gasteiger partial charge in [0.25, 0.3) is 0 Å². The molecule has 0 aliphatic carbocycles. The molecule has 0 saturated heterocycles. The van der Waals surface area contributed by atoms with Gasteiger partial charge in [0.2, 0.25) is 5.78 Å². The van der Waals surface area contributed by atoms with Crippen LogP contribution in [0.15, 0.2) is 18.2 Å². The fourth-order valence-corrected chi connectivity index (χ4v) is 1.84. The predicted molar refractivity (Wildman–Crippen MR) is 54.4 cm³/mol. The molecule has 0 bridgehead atoms. The lowest BCUT2D eigenvalue weighted by Crippen LogP contribution is -2.04. The van der Waals surface area contributed by atoms with Crippen LogP contribution in [-0.2, 0) is 0 Å². The summed E-state index contributed by atoms with van der Waals surface area (Å²) in [5.41, 5.74) is 0.118. The predicted octanol–water partition coefficient (Wildman–Crippen LogP) is 2.36. The molecular weight excluding hydrogens is 234 g/mol. The number of aromatic nitrogens is 2. The summed E-state index contributed by atoms with van der Waals surface area (Å²) >= 11 is 0.867. The Morgan fingerprint density at radius 1 is 1.38 bits per heavy atom. The van der Waals surface area contributed by atoms with Crippen molar-refractivity contribution < 1.29 is 13.6 Å². The molecule has 0 radical (unpaired) electrons. The van der Waals surface area contributed by atoms with E-state index >= 15 is 0 Å². The molecule has 0 saturated carbocycles. The van der Waals surface area contributed by atoms with Crippen LogP contribution in [0.2, 0.25) is 0 Å². The molecule has 3 nitrogen and oxygen atoms in total. The van der Waals surface area contributed by atoms with Gasteiger partial charge in [0.05, 0.1) is 11.3 Å². The summed E-state index contributed by atoms with van der Waals surface area (Å²) in [5, 5.41) is 3.65. The molecule has 0 aliphatic heterocycles. The lowest BCUT2D eigenvalue weighted by molar-refractivity contribution is 0.103. The molecule has 1 aromatic carbocycles. The first-order valence-electron chi connectivity index (χ1n) is 4.38. The minimum absolute atomic E-state index is 0.226. The zero-order chi connectivity index (χ0) is 11.7. The lowest BCUT2D eigenvalue weighted by atomic mass is 10.1. The molecule has 6 heteroatoms. The van der Waals surface area contributed by atoms with Crippen molar-refractivity contribution >= 4 is 17.3 Å². The average Bonchev–Trinajstić information content (AvgIpc) is 2.67. The maximum atomic E-state index is 13.3. The topological polar surface area (TPSA) is 42.9 Å². The Labute approximate surface area is 93.9 Å². The van der Waals surface area contributed by atoms with Gasteiger partial charge in [-0.15, -0.1) is 5.10 Å². The van der Waals surface area contributed by atoms with Crippen LogP contribution in [0.3, 0.4) is 0 Å². The highest BCUT2D eigenvalue weighted by atomic mass is 32.1. The van der Waals surface area contributed by atoms with Gasteiger partial charge in [-0.3, -0.25) is 4.79 Å². The summed E-state index contributed by atoms with van der Waals surface area (Å²) < 4.78 is 29.8. The van der Waals surface area contributed by atoms with E-state index in [0.29, 0.717) is 5.69 Å². The number of hydrogen-bond donors (Lipinski definition) is 0. The third kappa shape index (κ3) is 1.83. The molecule has 1 aromatic heterocycles. The zero-order valence-corrected chi connectivity index (χ0v) is 9.02. The minimum Gasteiger partial charge on any atom is -0.287 e. The number of aryl methyl sites for hydroxylation is 1. The summed E-state index contributed by atoms with van der Waals surface area (Å²) in [7, 11) is 0. The molecule has 0 spiro atoms. The second kappa shape index (κ2) is 4.05. The standard InChI is InChI=1S/C10H6F2N2OS/c1-5-10(16-14-13-5)9(15)7-4-6(11)2-3-8(7)12/h2-4H,1H3. The molecule has 0 aliphatic rings. The van der Waals surface area contributed by atoms with Crippen molar-refractivity contribution in [2.24, 2.45) is 0 Å². The molecule has 1 heterocycles. The Morgan fingerprint density at radius 2 is 2.12 bits per heavy atom. The van der Waals surface area contributed by atoms with Crippen LogP contribution in [-0.4, -0.2) is 15.4 Å². The van der Waals surface area contributed by atoms with Crippen molar-refractivity contribution in [2.75, 3.05) is 0 Å². The summed E-state index contributed by atoms with van der Waals surface area (Å²) in [6.45, 7) is 1.59. The number of carbonyl (C=O) groups excluding carboxylic acids is 1. The first-order valence-corrected chi connectivity index (χ1v) is 5.15. The zero-order valence-electron chi connectivity index (χ0n) is 8.20. The summed E-state index contributed by atoms with van der Waals surface area (Å²) in [6, 6.07) is 2.76. The van der Waals surface area contributed by atoms with Crippen molar-refractivity contribution in [1.82, 2.24) is 9.59 Å². The maximum absolute atomic E-state index is 13.3. The first kappa shape index (κ1) is 10.8. The van der Waals surface area contributed by atoms with Crippen molar-refractivity contribution in [3.8, 4) is 0 Å². The minimum atomic E-state index is -0.751. The van der Waals surface area contributed by atoms with E-state index in [1.165, 1.54) is 0 Å². The van der Waals surface area contributed by atoms with Crippen LogP contribution in [0.25, 0.3) is 0 Å². The van der Waals surface area contributed by atoms with Gasteiger partial charge < -0.3 is 0 Å². The summed E-state index contributed by atoms with van der Waals surface area (Å²) in [5.74, 6) is -2.00. The van der Waals surface area contributed by atoms with Crippen LogP contribution in [0.4, 0.5) is 8.78 Å². The van der Waals surface area contributed by atoms with Crippen molar-refractivity contribution in [3.05, 3.63) is 46.0 Å². The molecule has 0 N–H and O–H groups in total. The molecule has 0 amide bonds. The monoisotopic (exact) mass is 240 g/mol. The Hall–Kier alpha value is -1.69. The summed E-state index contributed by atoms with van der Waals surface area (Å²) in [6.07, 6.45) is 0. The number of benzene rings is 1. The van der Waals surface area contributed by atoms with Crippen LogP contribution in [0.5, 0.6) is 0 Å². The van der Waals surface area contributed by atoms with E-state index in [1.54, 1.807) is 6.92 Å². The normalized spacial score (nSPS) is 10.4. The van der Waals surface area contributed by atoms with E-state index < -0.39 is 17.4 Å². The quantitative estimate of drug-likeness (QED) is 0.757. The molecule has 2 rings (SSSR count). The van der Waals surface area contributed by atoms with Crippen molar-refractivity contribution in [3.63, 3.8) is 0 Å². The largest absolute Gasteiger partial charge is 0.287 e. The molecule has 0 fully saturated rings. The Bertz CT molecular complexity index is 554. The van der Waals surface area contributed by atoms with E-state index in [9.17, 15) is 13.6 Å². The van der Waals surface area contributed by atoms with Gasteiger partial charge in [0.1, 0.15) is 16.5 Å². The van der Waals surface area contributed by atoms with E-state index in [4.69, 9.17) is 0 Å². The highest BCUT2D eigenvalue weighted by Gasteiger charge is 2.19. The van der Waals surface area contributed by atoms with Crippen LogP contribution >= 0.6 is 11.5 Å². The second-order valence-corrected chi connectivity index (χ2v) is 3.89. The number of nitrogens with zero attached hydrogens (tertiary/aromatic N) is 2. The van der Waals surface area contributed by atoms with Gasteiger partial charge in [-0.2, -0.15) is 0 Å². The lowest BCUT2D eigenvalue weighted by Gasteiger charge is -2.00. The smallest absolute Gasteiger partial charge is 0.209 e. The van der Waals surface area contributed by atoms with Crippen molar-refractivity contribution in [1.29, 1.82) is 0 Å². The Kier molecular flexibility index (Phi) is 2.74. The van der Waals surface area contributed by atoms with Gasteiger partial charge in [-0.05, 0) is 36.7 Å². The van der Waals surface area contributed by atoms with Crippen molar-refractivity contribution in [2.45, 2.75) is 6.92 Å². The average molecular weight is 240 g/mol. The van der Waals surface area contributed by atoms with Gasteiger partial charge >= 0.3 is 0 Å². The molecule has 16 heavy (non-hydrogen) atoms. The Morgan fingerprint density at radius 3 is 2.75 bits per heavy atom. The highest BCUT2D eigenvalue weighted by molar-refractivity contribution is 7.08. The highest BCUT2D eigenvalue weighted by Crippen LogP contribution is 2.18. The van der Waals surface area contributed by atoms with Crippen LogP contribution < -0.4 is 0 Å². The maximum Gasteiger partial charge on any atom is 0.209 e. The van der Waals surface area contributed by atoms with E-state index in [1.807, 2.05) is 0 Å². The van der Waals surface area contributed by atoms with Gasteiger partial charge in [-0.1, -0.05) is 4.49 Å². The SMILES string of the molecule is Cc1nnsc1C(=O)c1cc(F)ccc1F. The van der Waals surface area contributed by atoms with E-state index in [-0.39, 0.29) is 10.4 Å². The Balaban J connectivity index is 2.49. The fourth-order valence-electron chi connectivity index (χ4n) is 1.23. The van der Waals surface area contributed by atoms with Crippen LogP contribution in [0.1, 0.15) is 20.9 Å². The first-order chi connectivity index (χ1) is 7.59. The number of carbonyl (C=O) groups is 1. The number of halogens is 2. The van der Waals surface area contributed by atoms with Gasteiger partial charge in [0.15, 0.2) is 0 Å². The molecule has 0 unspecified atom stereocenters. The number of rotatable bonds is 2. The third-order valence-electron chi connectivity index (χ3n) is 2.03. The van der Waals surface area contributed by atoms with Gasteiger partial charge in [0, 0.05) is 0 Å². The number of ketones is 1. The van der Waals surface area contributed by atoms with Gasteiger partial charge in [-0.25, -0.2) is 8.78 Å². The van der Waals surface area contributed by atoms with Crippen LogP contribution in [0, 0.1) is 18.6 Å². The summed E-state index contributed by atoms with van der Waals surface area (Å²) in [4.78, 5) is 12.1. The molecule has 82 valence electrons. The van der Waals surface area contributed by atoms with E-state index in [2.05, 4.69) is 9.59 Å². The molecule has 2 aromatic rings. The number of hydrogen-bond acceptors (Lipinski definition) is 4. The fraction of sp³-hybridized carbons (Fsp3) is 0.100. The third-order valence-corrected chi connectivity index (χ3v) is 2.86. The van der Waals surface area contributed by atoms with E-state index in [0.717, 1.165) is 29.7 Å². The second-order valence-electron chi connectivity index (χ2n) is 3.14. The molecule has 0 atom stereocenters.